The summed E-state index contributed by atoms with van der Waals surface area (Å²) in [4.78, 5) is 55.6. The second-order valence-corrected chi connectivity index (χ2v) is 19.1. The molecule has 2 atom stereocenters. The fraction of sp³-hybridized carbons (Fsp3) is 0.925. The normalized spacial score (nSPS) is 16.8. The van der Waals surface area contributed by atoms with Gasteiger partial charge in [-0.25, -0.2) is 0 Å². The van der Waals surface area contributed by atoms with Crippen LogP contribution >= 0.6 is 0 Å². The Balaban J connectivity index is 1.66. The van der Waals surface area contributed by atoms with Crippen molar-refractivity contribution in [2.75, 3.05) is 45.9 Å². The summed E-state index contributed by atoms with van der Waals surface area (Å²) in [6.07, 6.45) is 38.5. The number of unbranched alkanes of at least 4 members (excludes halogenated alkanes) is 24. The molecule has 0 aliphatic carbocycles. The summed E-state index contributed by atoms with van der Waals surface area (Å²) < 4.78 is 23.2. The standard InChI is InChI=1S/C53H98N2O8/c1-4-7-10-13-16-17-18-23-33-42-60-50(56)37-29-25-30-41-55-45-48(63-52(58)46-54-39-31-32-40-54)44-49(55)53(59)61-43-34-24-19-22-28-38-51(57)62-47(35-26-20-14-11-8-5-2)36-27-21-15-12-9-6-3/h47-49H,4-46H2,1-3H3. The van der Waals surface area contributed by atoms with E-state index in [0.717, 1.165) is 116 Å². The van der Waals surface area contributed by atoms with E-state index in [2.05, 4.69) is 30.6 Å². The van der Waals surface area contributed by atoms with Crippen LogP contribution in [-0.4, -0.2) is 97.9 Å². The molecule has 2 rings (SSSR count). The Kier molecular flexibility index (Phi) is 36.2. The first-order valence-electron chi connectivity index (χ1n) is 27.0. The van der Waals surface area contributed by atoms with Crippen LogP contribution in [0.15, 0.2) is 0 Å². The molecule has 0 spiro atoms. The number of likely N-dealkylation sites (tertiary alicyclic amines) is 2. The molecule has 0 radical (unpaired) electrons. The first-order valence-corrected chi connectivity index (χ1v) is 27.0. The van der Waals surface area contributed by atoms with Gasteiger partial charge >= 0.3 is 23.9 Å². The summed E-state index contributed by atoms with van der Waals surface area (Å²) in [5.74, 6) is -0.626. The smallest absolute Gasteiger partial charge is 0.323 e. The lowest BCUT2D eigenvalue weighted by Gasteiger charge is -2.22. The molecule has 368 valence electrons. The van der Waals surface area contributed by atoms with E-state index in [0.29, 0.717) is 52.1 Å². The molecule has 10 nitrogen and oxygen atoms in total. The third kappa shape index (κ3) is 31.4. The Labute approximate surface area is 386 Å². The molecule has 2 aliphatic rings. The van der Waals surface area contributed by atoms with Gasteiger partial charge in [0.05, 0.1) is 19.8 Å². The summed E-state index contributed by atoms with van der Waals surface area (Å²) in [5.41, 5.74) is 0. The molecule has 0 amide bonds. The highest BCUT2D eigenvalue weighted by atomic mass is 16.6. The number of rotatable bonds is 43. The molecule has 0 saturated carbocycles. The van der Waals surface area contributed by atoms with Crippen LogP contribution in [0.5, 0.6) is 0 Å². The average Bonchev–Trinajstić information content (AvgIpc) is 3.94. The summed E-state index contributed by atoms with van der Waals surface area (Å²) in [5, 5.41) is 0. The van der Waals surface area contributed by atoms with Crippen molar-refractivity contribution in [2.24, 2.45) is 0 Å². The van der Waals surface area contributed by atoms with Gasteiger partial charge in [-0.1, -0.05) is 162 Å². The van der Waals surface area contributed by atoms with Gasteiger partial charge < -0.3 is 18.9 Å². The van der Waals surface area contributed by atoms with Gasteiger partial charge in [-0.3, -0.25) is 29.0 Å². The number of esters is 4. The zero-order valence-corrected chi connectivity index (χ0v) is 41.3. The Morgan fingerprint density at radius 3 is 1.52 bits per heavy atom. The van der Waals surface area contributed by atoms with Crippen LogP contribution in [-0.2, 0) is 38.1 Å². The summed E-state index contributed by atoms with van der Waals surface area (Å²) in [6.45, 7) is 11.0. The van der Waals surface area contributed by atoms with Crippen molar-refractivity contribution in [1.29, 1.82) is 0 Å². The molecular weight excluding hydrogens is 793 g/mol. The molecule has 0 aromatic heterocycles. The number of carbonyl (C=O) groups is 4. The van der Waals surface area contributed by atoms with E-state index < -0.39 is 6.04 Å². The first kappa shape index (κ1) is 56.9. The lowest BCUT2D eigenvalue weighted by atomic mass is 10.0. The number of nitrogens with zero attached hydrogens (tertiary/aromatic N) is 2. The molecule has 63 heavy (non-hydrogen) atoms. The van der Waals surface area contributed by atoms with E-state index in [-0.39, 0.29) is 36.1 Å². The Bertz CT molecular complexity index is 1110. The molecular formula is C53H98N2O8. The Morgan fingerprint density at radius 2 is 0.968 bits per heavy atom. The highest BCUT2D eigenvalue weighted by Crippen LogP contribution is 2.24. The fourth-order valence-electron chi connectivity index (χ4n) is 9.20. The van der Waals surface area contributed by atoms with Crippen LogP contribution in [0.1, 0.15) is 252 Å². The second-order valence-electron chi connectivity index (χ2n) is 19.1. The van der Waals surface area contributed by atoms with E-state index >= 15 is 0 Å². The number of hydrogen-bond donors (Lipinski definition) is 0. The molecule has 2 fully saturated rings. The number of carbonyl (C=O) groups excluding carboxylic acids is 4. The van der Waals surface area contributed by atoms with Crippen LogP contribution in [0.2, 0.25) is 0 Å². The zero-order valence-electron chi connectivity index (χ0n) is 41.3. The average molecular weight is 891 g/mol. The first-order chi connectivity index (χ1) is 30.9. The van der Waals surface area contributed by atoms with Crippen molar-refractivity contribution in [3.05, 3.63) is 0 Å². The van der Waals surface area contributed by atoms with Gasteiger partial charge in [0.25, 0.3) is 0 Å². The van der Waals surface area contributed by atoms with E-state index in [1.54, 1.807) is 0 Å². The third-order valence-corrected chi connectivity index (χ3v) is 13.2. The third-order valence-electron chi connectivity index (χ3n) is 13.2. The highest BCUT2D eigenvalue weighted by molar-refractivity contribution is 5.77. The molecule has 10 heteroatoms. The van der Waals surface area contributed by atoms with Crippen LogP contribution in [0.3, 0.4) is 0 Å². The molecule has 2 saturated heterocycles. The van der Waals surface area contributed by atoms with Gasteiger partial charge in [-0.05, 0) is 90.3 Å². The molecule has 2 heterocycles. The van der Waals surface area contributed by atoms with Crippen LogP contribution in [0.4, 0.5) is 0 Å². The molecule has 2 aliphatic heterocycles. The predicted octanol–water partition coefficient (Wildman–Crippen LogP) is 13.0. The zero-order chi connectivity index (χ0) is 45.4. The fourth-order valence-corrected chi connectivity index (χ4v) is 9.20. The summed E-state index contributed by atoms with van der Waals surface area (Å²) in [6, 6.07) is -0.437. The van der Waals surface area contributed by atoms with Crippen LogP contribution in [0, 0.1) is 0 Å². The molecule has 0 aromatic carbocycles. The number of ether oxygens (including phenoxy) is 4. The van der Waals surface area contributed by atoms with Crippen molar-refractivity contribution < 1.29 is 38.1 Å². The monoisotopic (exact) mass is 891 g/mol. The van der Waals surface area contributed by atoms with Gasteiger partial charge in [0.2, 0.25) is 0 Å². The van der Waals surface area contributed by atoms with Gasteiger partial charge in [0.1, 0.15) is 18.2 Å². The van der Waals surface area contributed by atoms with Crippen molar-refractivity contribution >= 4 is 23.9 Å². The predicted molar refractivity (Wildman–Crippen MR) is 257 cm³/mol. The largest absolute Gasteiger partial charge is 0.466 e. The Morgan fingerprint density at radius 1 is 0.508 bits per heavy atom. The molecule has 0 N–H and O–H groups in total. The van der Waals surface area contributed by atoms with E-state index in [1.807, 2.05) is 0 Å². The van der Waals surface area contributed by atoms with Crippen molar-refractivity contribution in [3.8, 4) is 0 Å². The topological polar surface area (TPSA) is 112 Å². The van der Waals surface area contributed by atoms with Crippen LogP contribution < -0.4 is 0 Å². The highest BCUT2D eigenvalue weighted by Gasteiger charge is 2.39. The minimum atomic E-state index is -0.437. The van der Waals surface area contributed by atoms with E-state index in [9.17, 15) is 19.2 Å². The van der Waals surface area contributed by atoms with Crippen molar-refractivity contribution in [3.63, 3.8) is 0 Å². The second kappa shape index (κ2) is 40.1. The minimum absolute atomic E-state index is 0.0471. The van der Waals surface area contributed by atoms with Crippen molar-refractivity contribution in [1.82, 2.24) is 9.80 Å². The minimum Gasteiger partial charge on any atom is -0.466 e. The lowest BCUT2D eigenvalue weighted by molar-refractivity contribution is -0.151. The van der Waals surface area contributed by atoms with Gasteiger partial charge in [0, 0.05) is 25.8 Å². The molecule has 0 bridgehead atoms. The van der Waals surface area contributed by atoms with Gasteiger partial charge in [-0.15, -0.1) is 0 Å². The van der Waals surface area contributed by atoms with Crippen LogP contribution in [0.25, 0.3) is 0 Å². The molecule has 0 aromatic rings. The maximum absolute atomic E-state index is 13.4. The summed E-state index contributed by atoms with van der Waals surface area (Å²) >= 11 is 0. The van der Waals surface area contributed by atoms with Gasteiger partial charge in [-0.2, -0.15) is 0 Å². The van der Waals surface area contributed by atoms with E-state index in [1.165, 1.54) is 109 Å². The maximum atomic E-state index is 13.4. The lowest BCUT2D eigenvalue weighted by Crippen LogP contribution is -2.38. The van der Waals surface area contributed by atoms with Crippen molar-refractivity contribution in [2.45, 2.75) is 270 Å². The van der Waals surface area contributed by atoms with E-state index in [4.69, 9.17) is 18.9 Å². The van der Waals surface area contributed by atoms with Gasteiger partial charge in [0.15, 0.2) is 0 Å². The summed E-state index contributed by atoms with van der Waals surface area (Å²) in [7, 11) is 0. The SMILES string of the molecule is CCCCCCCCCCCOC(=O)CCCCCN1CC(OC(=O)CN2CCCC2)CC1C(=O)OCCCCCCCC(=O)OC(CCCCCCCC)CCCCCCCC. The quantitative estimate of drug-likeness (QED) is 0.0333. The maximum Gasteiger partial charge on any atom is 0.323 e. The number of hydrogen-bond acceptors (Lipinski definition) is 10. The molecule has 2 unspecified atom stereocenters. The Hall–Kier alpha value is -2.20.